The zero-order valence-electron chi connectivity index (χ0n) is 27.5. The maximum Gasteiger partial charge on any atom is 0.478 e. The standard InChI is InChI=1S/C22H32BN10O17P3/c1-31-6-33(16-10(31)18(38)30-22(25)28-16)20-14(44-2)12(35)8(48-20)4-46-53(42,43)50-51(23,39)49-52(40,41)45-3-7-11(34)13(36)19(47-7)32-5-26-9-15(32)27-21(24)29-17(9)37/h5-8,11-14,19-20,34-36H,3-4,23H2,1-2H3,(H7-,24,25,27,28,29,30,37,38,40,41,42,43)/p+1/t7-,8-,11+,12?,13?,14+,19-,20-,51?/m1/s1. The summed E-state index contributed by atoms with van der Waals surface area (Å²) in [7, 11) is -12.5. The van der Waals surface area contributed by atoms with E-state index in [2.05, 4.69) is 33.5 Å². The van der Waals surface area contributed by atoms with Crippen molar-refractivity contribution in [1.82, 2.24) is 34.1 Å². The summed E-state index contributed by atoms with van der Waals surface area (Å²) in [4.78, 5) is 50.4. The number of aromatic hydroxyl groups is 1. The lowest BCUT2D eigenvalue weighted by atomic mass is 10.1. The molecular formula is C22H33BN10O17P3+. The van der Waals surface area contributed by atoms with Crippen molar-refractivity contribution in [3.63, 3.8) is 0 Å². The Balaban J connectivity index is 1.06. The molecule has 2 saturated heterocycles. The van der Waals surface area contributed by atoms with Crippen LogP contribution in [0.1, 0.15) is 12.5 Å². The molecule has 31 heteroatoms. The van der Waals surface area contributed by atoms with Crippen molar-refractivity contribution < 1.29 is 80.4 Å². The van der Waals surface area contributed by atoms with Crippen LogP contribution in [0.25, 0.3) is 22.3 Å². The van der Waals surface area contributed by atoms with Crippen molar-refractivity contribution in [2.75, 3.05) is 31.8 Å². The van der Waals surface area contributed by atoms with Gasteiger partial charge in [-0.25, -0.2) is 27.3 Å². The van der Waals surface area contributed by atoms with E-state index in [1.54, 1.807) is 7.05 Å². The molecule has 0 amide bonds. The van der Waals surface area contributed by atoms with Gasteiger partial charge in [-0.05, 0) is 0 Å². The molecule has 11 N–H and O–H groups in total. The number of aromatic amines is 1. The van der Waals surface area contributed by atoms with Crippen LogP contribution in [0.15, 0.2) is 17.4 Å². The van der Waals surface area contributed by atoms with Gasteiger partial charge in [0.15, 0.2) is 23.5 Å². The van der Waals surface area contributed by atoms with Crippen LogP contribution in [-0.4, -0.2) is 129 Å². The lowest BCUT2D eigenvalue weighted by molar-refractivity contribution is -0.646. The molecule has 2 aliphatic rings. The largest absolute Gasteiger partial charge is 0.490 e. The number of ether oxygens (including phenoxy) is 3. The minimum absolute atomic E-state index is 0.0896. The average molecular weight is 813 g/mol. The fourth-order valence-electron chi connectivity index (χ4n) is 5.76. The van der Waals surface area contributed by atoms with E-state index in [4.69, 9.17) is 34.7 Å². The number of imidazole rings is 2. The number of fused-ring (bicyclic) bond motifs is 2. The minimum atomic E-state index is -5.43. The second-order valence-electron chi connectivity index (χ2n) is 11.8. The summed E-state index contributed by atoms with van der Waals surface area (Å²) >= 11 is 0. The third-order valence-corrected chi connectivity index (χ3v) is 13.0. The number of anilines is 2. The summed E-state index contributed by atoms with van der Waals surface area (Å²) in [6, 6.07) is 0. The van der Waals surface area contributed by atoms with Gasteiger partial charge in [-0.3, -0.25) is 28.0 Å². The van der Waals surface area contributed by atoms with Crippen molar-refractivity contribution in [3.8, 4) is 5.88 Å². The Hall–Kier alpha value is -3.43. The zero-order chi connectivity index (χ0) is 38.8. The predicted molar refractivity (Wildman–Crippen MR) is 174 cm³/mol. The van der Waals surface area contributed by atoms with Crippen LogP contribution >= 0.6 is 23.1 Å². The molecule has 6 heterocycles. The van der Waals surface area contributed by atoms with E-state index in [0.717, 1.165) is 10.9 Å². The van der Waals surface area contributed by atoms with Crippen LogP contribution in [0.3, 0.4) is 0 Å². The third kappa shape index (κ3) is 7.89. The first-order valence-electron chi connectivity index (χ1n) is 15.0. The van der Waals surface area contributed by atoms with Crippen molar-refractivity contribution in [2.45, 2.75) is 49.1 Å². The summed E-state index contributed by atoms with van der Waals surface area (Å²) < 4.78 is 77.7. The monoisotopic (exact) mass is 813 g/mol. The summed E-state index contributed by atoms with van der Waals surface area (Å²) in [5.41, 5.74) is 10.5. The molecule has 2 fully saturated rings. The molecule has 0 saturated carbocycles. The highest BCUT2D eigenvalue weighted by molar-refractivity contribution is 7.86. The SMILES string of the molecule is BP(=O)(OP(=O)(O)OC[C@H]1O[C@@H](n2c[n+](C)c3c(O)nc(N)nc32)[C@@H](OC)C1O)OP(=O)(O)OC[C@H]1O[C@@H](n2cnc3c(=O)[nH]c(N)nc32)C(O)[C@H]1O. The van der Waals surface area contributed by atoms with E-state index in [1.807, 2.05) is 0 Å². The average Bonchev–Trinajstić information content (AvgIpc) is 3.77. The molecule has 0 bridgehead atoms. The Labute approximate surface area is 296 Å². The Kier molecular flexibility index (Phi) is 10.6. The quantitative estimate of drug-likeness (QED) is 0.0354. The first-order valence-corrected chi connectivity index (χ1v) is 20.0. The van der Waals surface area contributed by atoms with Crippen molar-refractivity contribution >= 4 is 64.9 Å². The Bertz CT molecular complexity index is 2240. The highest BCUT2D eigenvalue weighted by Crippen LogP contribution is 2.67. The van der Waals surface area contributed by atoms with Gasteiger partial charge in [0, 0.05) is 7.11 Å². The van der Waals surface area contributed by atoms with Crippen LogP contribution in [-0.2, 0) is 52.6 Å². The van der Waals surface area contributed by atoms with Gasteiger partial charge in [0.25, 0.3) is 37.6 Å². The van der Waals surface area contributed by atoms with Gasteiger partial charge < -0.3 is 55.9 Å². The van der Waals surface area contributed by atoms with Gasteiger partial charge in [-0.15, -0.1) is 0 Å². The molecule has 0 aliphatic carbocycles. The maximum atomic E-state index is 12.9. The number of hydrogen-bond donors (Lipinski definition) is 9. The highest BCUT2D eigenvalue weighted by Gasteiger charge is 2.51. The number of phosphoric ester groups is 2. The first kappa shape index (κ1) is 39.3. The number of H-pyrrole nitrogens is 1. The third-order valence-electron chi connectivity index (χ3n) is 7.99. The number of nitrogens with one attached hydrogen (secondary N) is 1. The number of phosphoric acid groups is 2. The number of rotatable bonds is 13. The molecule has 4 aromatic rings. The molecule has 2 aliphatic heterocycles. The number of hydrogen-bond acceptors (Lipinski definition) is 21. The number of aliphatic hydroxyl groups is 3. The van der Waals surface area contributed by atoms with E-state index in [0.29, 0.717) is 7.57 Å². The van der Waals surface area contributed by atoms with E-state index in [1.165, 1.54) is 22.6 Å². The van der Waals surface area contributed by atoms with Gasteiger partial charge in [0.1, 0.15) is 30.5 Å². The maximum absolute atomic E-state index is 12.9. The molecule has 0 spiro atoms. The Morgan fingerprint density at radius 1 is 0.943 bits per heavy atom. The lowest BCUT2D eigenvalue weighted by Gasteiger charge is -2.22. The van der Waals surface area contributed by atoms with Gasteiger partial charge in [-0.1, -0.05) is 0 Å². The van der Waals surface area contributed by atoms with Gasteiger partial charge in [0.05, 0.1) is 26.6 Å². The van der Waals surface area contributed by atoms with Crippen LogP contribution in [0, 0.1) is 0 Å². The van der Waals surface area contributed by atoms with E-state index in [9.17, 15) is 48.7 Å². The molecule has 53 heavy (non-hydrogen) atoms. The van der Waals surface area contributed by atoms with Gasteiger partial charge in [0.2, 0.25) is 24.5 Å². The van der Waals surface area contributed by atoms with Crippen LogP contribution in [0.4, 0.5) is 11.9 Å². The fourth-order valence-corrected chi connectivity index (χ4v) is 10.2. The van der Waals surface area contributed by atoms with E-state index in [-0.39, 0.29) is 34.2 Å². The predicted octanol–water partition coefficient (Wildman–Crippen LogP) is -3.84. The van der Waals surface area contributed by atoms with Crippen molar-refractivity contribution in [1.29, 1.82) is 0 Å². The minimum Gasteiger partial charge on any atom is -0.490 e. The normalized spacial score (nSPS) is 29.7. The number of methoxy groups -OCH3 is 1. The topological polar surface area (TPSA) is 387 Å². The molecule has 27 nitrogen and oxygen atoms in total. The molecule has 4 aromatic heterocycles. The fraction of sp³-hybridized carbons (Fsp3) is 0.545. The summed E-state index contributed by atoms with van der Waals surface area (Å²) in [6.07, 6.45) is -9.09. The molecule has 0 radical (unpaired) electrons. The van der Waals surface area contributed by atoms with Crippen LogP contribution < -0.4 is 21.6 Å². The number of nitrogen functional groups attached to an aromatic ring is 2. The lowest BCUT2D eigenvalue weighted by Crippen LogP contribution is -2.35. The summed E-state index contributed by atoms with van der Waals surface area (Å²) in [5, 5.41) is 42.2. The van der Waals surface area contributed by atoms with Gasteiger partial charge in [-0.2, -0.15) is 19.5 Å². The number of aliphatic hydroxyl groups excluding tert-OH is 3. The molecular weight excluding hydrogens is 780 g/mol. The second-order valence-corrected chi connectivity index (χ2v) is 17.0. The van der Waals surface area contributed by atoms with Crippen molar-refractivity contribution in [2.24, 2.45) is 7.05 Å². The van der Waals surface area contributed by atoms with Crippen LogP contribution in [0.2, 0.25) is 0 Å². The summed E-state index contributed by atoms with van der Waals surface area (Å²) in [5.74, 6) is -0.994. The van der Waals surface area contributed by atoms with Crippen LogP contribution in [0.5, 0.6) is 5.88 Å². The molecule has 290 valence electrons. The Morgan fingerprint density at radius 2 is 1.55 bits per heavy atom. The molecule has 0 aromatic carbocycles. The Morgan fingerprint density at radius 3 is 2.17 bits per heavy atom. The number of aromatic nitrogens is 8. The summed E-state index contributed by atoms with van der Waals surface area (Å²) in [6.45, 7) is -1.85. The molecule has 6 rings (SSSR count). The molecule has 5 unspecified atom stereocenters. The first-order chi connectivity index (χ1) is 24.7. The van der Waals surface area contributed by atoms with Gasteiger partial charge >= 0.3 is 15.6 Å². The number of aryl methyl sites for hydroxylation is 1. The van der Waals surface area contributed by atoms with E-state index >= 15 is 0 Å². The number of nitrogens with two attached hydrogens (primary N) is 2. The highest BCUT2D eigenvalue weighted by atomic mass is 31.3. The zero-order valence-corrected chi connectivity index (χ0v) is 30.2. The smallest absolute Gasteiger partial charge is 0.478 e. The van der Waals surface area contributed by atoms with E-state index < -0.39 is 96.9 Å². The molecule has 11 atom stereocenters. The second kappa shape index (κ2) is 14.3. The van der Waals surface area contributed by atoms with Crippen molar-refractivity contribution in [3.05, 3.63) is 23.0 Å². The number of nitrogens with zero attached hydrogens (tertiary/aromatic N) is 7.